The van der Waals surface area contributed by atoms with Gasteiger partial charge in [-0.1, -0.05) is 29.8 Å². The summed E-state index contributed by atoms with van der Waals surface area (Å²) in [5.41, 5.74) is 1.01. The number of aliphatic hydroxyl groups is 1. The third-order valence-corrected chi connectivity index (χ3v) is 6.08. The van der Waals surface area contributed by atoms with E-state index in [0.717, 1.165) is 37.9 Å². The molecule has 4 rings (SSSR count). The van der Waals surface area contributed by atoms with Crippen molar-refractivity contribution in [3.05, 3.63) is 35.4 Å². The maximum Gasteiger partial charge on any atom is 0.256 e. The second kappa shape index (κ2) is 7.51. The van der Waals surface area contributed by atoms with Gasteiger partial charge in [-0.2, -0.15) is 0 Å². The highest BCUT2D eigenvalue weighted by atomic mass is 16.7. The van der Waals surface area contributed by atoms with E-state index in [2.05, 4.69) is 24.0 Å². The summed E-state index contributed by atoms with van der Waals surface area (Å²) in [7, 11) is 0. The number of hydrogen-bond acceptors (Lipinski definition) is 5. The average Bonchev–Trinajstić information content (AvgIpc) is 3.10. The molecule has 3 aliphatic heterocycles. The second-order valence-electron chi connectivity index (χ2n) is 8.23. The van der Waals surface area contributed by atoms with Crippen LogP contribution in [0.5, 0.6) is 0 Å². The lowest BCUT2D eigenvalue weighted by Crippen LogP contribution is -2.59. The molecule has 0 saturated carbocycles. The minimum atomic E-state index is -1.29. The fourth-order valence-corrected chi connectivity index (χ4v) is 4.60. The molecule has 3 saturated heterocycles. The first kappa shape index (κ1) is 18.9. The van der Waals surface area contributed by atoms with Crippen molar-refractivity contribution in [2.45, 2.75) is 50.5 Å². The van der Waals surface area contributed by atoms with Crippen LogP contribution in [0.2, 0.25) is 0 Å². The number of amides is 1. The number of carbonyl (C=O) groups is 1. The first-order valence-electron chi connectivity index (χ1n) is 10.1. The van der Waals surface area contributed by atoms with E-state index in [9.17, 15) is 9.90 Å². The summed E-state index contributed by atoms with van der Waals surface area (Å²) in [6.07, 6.45) is 2.96. The van der Waals surface area contributed by atoms with Gasteiger partial charge in [0.2, 0.25) is 0 Å². The Morgan fingerprint density at radius 3 is 2.56 bits per heavy atom. The topological polar surface area (TPSA) is 62.2 Å². The molecule has 1 spiro atoms. The number of aryl methyl sites for hydroxylation is 1. The van der Waals surface area contributed by atoms with Gasteiger partial charge in [-0.25, -0.2) is 0 Å². The van der Waals surface area contributed by atoms with E-state index in [4.69, 9.17) is 9.47 Å². The Labute approximate surface area is 161 Å². The number of β-amino-alcohol motifs (C(OH)–C–C–N with tert-alkyl or cyclic N) is 1. The Morgan fingerprint density at radius 2 is 1.85 bits per heavy atom. The van der Waals surface area contributed by atoms with Crippen molar-refractivity contribution in [3.63, 3.8) is 0 Å². The van der Waals surface area contributed by atoms with Crippen molar-refractivity contribution >= 4 is 5.91 Å². The molecule has 1 atom stereocenters. The van der Waals surface area contributed by atoms with Gasteiger partial charge < -0.3 is 19.5 Å². The largest absolute Gasteiger partial charge is 0.379 e. The number of nitrogens with zero attached hydrogens (tertiary/aromatic N) is 2. The van der Waals surface area contributed by atoms with Crippen LogP contribution < -0.4 is 0 Å². The molecule has 3 heterocycles. The fraction of sp³-hybridized carbons (Fsp3) is 0.667. The minimum absolute atomic E-state index is 0.135. The summed E-state index contributed by atoms with van der Waals surface area (Å²) in [6.45, 7) is 6.62. The average molecular weight is 374 g/mol. The van der Waals surface area contributed by atoms with Crippen LogP contribution in [0.25, 0.3) is 0 Å². The summed E-state index contributed by atoms with van der Waals surface area (Å²) < 4.78 is 11.5. The van der Waals surface area contributed by atoms with Crippen LogP contribution in [0.1, 0.15) is 36.8 Å². The number of piperidine rings is 2. The number of ether oxygens (including phenoxy) is 2. The third kappa shape index (κ3) is 4.04. The Hall–Kier alpha value is -1.47. The van der Waals surface area contributed by atoms with E-state index in [1.54, 1.807) is 0 Å². The molecule has 0 aromatic heterocycles. The maximum absolute atomic E-state index is 13.1. The van der Waals surface area contributed by atoms with Gasteiger partial charge in [0.25, 0.3) is 5.91 Å². The highest BCUT2D eigenvalue weighted by molar-refractivity contribution is 5.86. The van der Waals surface area contributed by atoms with Crippen molar-refractivity contribution in [1.82, 2.24) is 9.80 Å². The van der Waals surface area contributed by atoms with Crippen LogP contribution in [0.15, 0.2) is 24.3 Å². The number of carbonyl (C=O) groups excluding carboxylic acids is 1. The minimum Gasteiger partial charge on any atom is -0.379 e. The van der Waals surface area contributed by atoms with Crippen LogP contribution in [-0.4, -0.2) is 71.6 Å². The van der Waals surface area contributed by atoms with Crippen LogP contribution in [0.4, 0.5) is 0 Å². The first-order chi connectivity index (χ1) is 13.0. The lowest BCUT2D eigenvalue weighted by atomic mass is 9.89. The van der Waals surface area contributed by atoms with Gasteiger partial charge in [0.05, 0.1) is 13.2 Å². The molecule has 0 radical (unpaired) electrons. The molecule has 1 aromatic carbocycles. The van der Waals surface area contributed by atoms with E-state index >= 15 is 0 Å². The van der Waals surface area contributed by atoms with E-state index in [1.807, 2.05) is 17.0 Å². The molecule has 1 amide bonds. The Balaban J connectivity index is 1.37. The predicted octanol–water partition coefficient (Wildman–Crippen LogP) is 1.69. The molecule has 1 unspecified atom stereocenters. The second-order valence-corrected chi connectivity index (χ2v) is 8.23. The number of hydrogen-bond donors (Lipinski definition) is 1. The van der Waals surface area contributed by atoms with Gasteiger partial charge in [0.1, 0.15) is 0 Å². The van der Waals surface area contributed by atoms with Crippen molar-refractivity contribution in [2.75, 3.05) is 39.4 Å². The fourth-order valence-electron chi connectivity index (χ4n) is 4.60. The van der Waals surface area contributed by atoms with Crippen molar-refractivity contribution in [2.24, 2.45) is 0 Å². The monoisotopic (exact) mass is 374 g/mol. The van der Waals surface area contributed by atoms with Gasteiger partial charge in [-0.15, -0.1) is 0 Å². The molecule has 1 aromatic rings. The molecule has 3 aliphatic rings. The quantitative estimate of drug-likeness (QED) is 0.869. The summed E-state index contributed by atoms with van der Waals surface area (Å²) in [6, 6.07) is 8.22. The van der Waals surface area contributed by atoms with Gasteiger partial charge in [0, 0.05) is 45.6 Å². The van der Waals surface area contributed by atoms with E-state index in [0.29, 0.717) is 39.3 Å². The molecule has 27 heavy (non-hydrogen) atoms. The normalized spacial score (nSPS) is 28.8. The van der Waals surface area contributed by atoms with Crippen molar-refractivity contribution in [1.29, 1.82) is 0 Å². The lowest BCUT2D eigenvalue weighted by Gasteiger charge is -2.43. The van der Waals surface area contributed by atoms with Gasteiger partial charge in [-0.05, 0) is 25.3 Å². The van der Waals surface area contributed by atoms with Gasteiger partial charge >= 0.3 is 0 Å². The number of likely N-dealkylation sites (tertiary alicyclic amines) is 2. The molecule has 3 fully saturated rings. The summed E-state index contributed by atoms with van der Waals surface area (Å²) in [4.78, 5) is 17.1. The molecule has 0 bridgehead atoms. The van der Waals surface area contributed by atoms with Crippen molar-refractivity contribution in [3.8, 4) is 0 Å². The van der Waals surface area contributed by atoms with Crippen LogP contribution in [0.3, 0.4) is 0 Å². The zero-order valence-corrected chi connectivity index (χ0v) is 16.2. The Morgan fingerprint density at radius 1 is 1.11 bits per heavy atom. The number of rotatable bonds is 4. The maximum atomic E-state index is 13.1. The SMILES string of the molecule is Cc1cccc(CN2CCCC(O)(CN3CCC4(CC3)OCCO4)C2=O)c1. The molecule has 148 valence electrons. The zero-order valence-electron chi connectivity index (χ0n) is 16.2. The zero-order chi connectivity index (χ0) is 18.9. The van der Waals surface area contributed by atoms with Gasteiger partial charge in [-0.3, -0.25) is 9.69 Å². The van der Waals surface area contributed by atoms with Crippen LogP contribution >= 0.6 is 0 Å². The summed E-state index contributed by atoms with van der Waals surface area (Å²) in [5, 5.41) is 11.2. The Kier molecular flexibility index (Phi) is 5.25. The molecular formula is C21H30N2O4. The van der Waals surface area contributed by atoms with E-state index in [-0.39, 0.29) is 5.91 Å². The highest BCUT2D eigenvalue weighted by Crippen LogP contribution is 2.33. The standard InChI is InChI=1S/C21H30N2O4/c1-17-4-2-5-18(14-17)15-23-9-3-6-20(25,19(23)24)16-22-10-7-21(8-11-22)26-12-13-27-21/h2,4-5,14,25H,3,6-13,15-16H2,1H3. The highest BCUT2D eigenvalue weighted by Gasteiger charge is 2.46. The van der Waals surface area contributed by atoms with Crippen LogP contribution in [0, 0.1) is 6.92 Å². The molecule has 0 aliphatic carbocycles. The van der Waals surface area contributed by atoms with Gasteiger partial charge in [0.15, 0.2) is 11.4 Å². The molecule has 1 N–H and O–H groups in total. The van der Waals surface area contributed by atoms with E-state index < -0.39 is 11.4 Å². The Bertz CT molecular complexity index is 679. The number of benzene rings is 1. The lowest BCUT2D eigenvalue weighted by molar-refractivity contribution is -0.190. The third-order valence-electron chi connectivity index (χ3n) is 6.08. The summed E-state index contributed by atoms with van der Waals surface area (Å²) >= 11 is 0. The predicted molar refractivity (Wildman–Crippen MR) is 101 cm³/mol. The first-order valence-corrected chi connectivity index (χ1v) is 10.1. The van der Waals surface area contributed by atoms with Crippen molar-refractivity contribution < 1.29 is 19.4 Å². The summed E-state index contributed by atoms with van der Waals surface area (Å²) in [5.74, 6) is -0.559. The van der Waals surface area contributed by atoms with Crippen LogP contribution in [-0.2, 0) is 20.8 Å². The van der Waals surface area contributed by atoms with E-state index in [1.165, 1.54) is 5.56 Å². The molecule has 6 nitrogen and oxygen atoms in total. The smallest absolute Gasteiger partial charge is 0.256 e. The molecular weight excluding hydrogens is 344 g/mol. The molecule has 6 heteroatoms.